The third-order valence-electron chi connectivity index (χ3n) is 3.15. The average Bonchev–Trinajstić information content (AvgIpc) is 2.73. The van der Waals surface area contributed by atoms with Gasteiger partial charge in [-0.15, -0.1) is 0 Å². The number of benzene rings is 2. The van der Waals surface area contributed by atoms with Crippen LogP contribution in [0.5, 0.6) is 0 Å². The molecule has 0 heterocycles. The highest BCUT2D eigenvalue weighted by Gasteiger charge is 2.28. The van der Waals surface area contributed by atoms with E-state index < -0.39 is 6.58 Å². The van der Waals surface area contributed by atoms with Crippen LogP contribution in [-0.4, -0.2) is 13.1 Å². The monoisotopic (exact) mass is 225 g/mol. The van der Waals surface area contributed by atoms with Crippen molar-refractivity contribution >= 4 is 6.47 Å². The van der Waals surface area contributed by atoms with Crippen LogP contribution in [0.2, 0.25) is 0 Å². The van der Waals surface area contributed by atoms with Crippen LogP contribution < -0.4 is 0 Å². The van der Waals surface area contributed by atoms with E-state index in [9.17, 15) is 4.79 Å². The summed E-state index contributed by atoms with van der Waals surface area (Å²) in [6.07, 6.45) is 0. The summed E-state index contributed by atoms with van der Waals surface area (Å²) in [7, 11) is 0. The van der Waals surface area contributed by atoms with Crippen molar-refractivity contribution in [3.63, 3.8) is 0 Å². The van der Waals surface area contributed by atoms with Gasteiger partial charge in [0.25, 0.3) is 6.47 Å². The predicted octanol–water partition coefficient (Wildman–Crippen LogP) is 2.97. The molecule has 0 saturated carbocycles. The summed E-state index contributed by atoms with van der Waals surface area (Å²) >= 11 is 0. The molecule has 1 atom stereocenters. The molecule has 0 amide bonds. The molecule has 2 aromatic rings. The predicted molar refractivity (Wildman–Crippen MR) is 65.7 cm³/mol. The molecular weight excluding hydrogens is 212 g/mol. The van der Waals surface area contributed by atoms with Gasteiger partial charge in [-0.1, -0.05) is 48.5 Å². The first-order valence-electron chi connectivity index (χ1n) is 6.10. The van der Waals surface area contributed by atoms with Gasteiger partial charge in [-0.2, -0.15) is 0 Å². The molecule has 0 bridgehead atoms. The Hall–Kier alpha value is -2.09. The van der Waals surface area contributed by atoms with Crippen molar-refractivity contribution in [2.24, 2.45) is 0 Å². The zero-order valence-electron chi connectivity index (χ0n) is 10.2. The lowest BCUT2D eigenvalue weighted by Crippen LogP contribution is -2.05. The molecule has 0 aromatic heterocycles. The van der Waals surface area contributed by atoms with Gasteiger partial charge in [-0.3, -0.25) is 4.79 Å². The third-order valence-corrected chi connectivity index (χ3v) is 3.15. The van der Waals surface area contributed by atoms with Crippen LogP contribution >= 0.6 is 0 Å². The molecule has 2 aromatic carbocycles. The quantitative estimate of drug-likeness (QED) is 0.751. The second-order valence-corrected chi connectivity index (χ2v) is 4.02. The summed E-state index contributed by atoms with van der Waals surface area (Å²) in [4.78, 5) is 10.5. The summed E-state index contributed by atoms with van der Waals surface area (Å²) in [6, 6.07) is 15.9. The molecular formula is C15H12O2. The van der Waals surface area contributed by atoms with Crippen molar-refractivity contribution in [2.45, 2.75) is 5.92 Å². The minimum absolute atomic E-state index is 0.192. The highest BCUT2D eigenvalue weighted by atomic mass is 16.5. The summed E-state index contributed by atoms with van der Waals surface area (Å²) in [5, 5.41) is 0. The highest BCUT2D eigenvalue weighted by molar-refractivity contribution is 5.78. The largest absolute Gasteiger partial charge is 0.467 e. The van der Waals surface area contributed by atoms with Crippen LogP contribution in [0.3, 0.4) is 0 Å². The number of fused-ring (bicyclic) bond motifs is 3. The van der Waals surface area contributed by atoms with Gasteiger partial charge in [0.05, 0.1) is 1.37 Å². The van der Waals surface area contributed by atoms with Crippen LogP contribution in [0, 0.1) is 0 Å². The van der Waals surface area contributed by atoms with Crippen LogP contribution in [0.25, 0.3) is 11.1 Å². The lowest BCUT2D eigenvalue weighted by Gasteiger charge is -2.11. The summed E-state index contributed by atoms with van der Waals surface area (Å²) in [5.41, 5.74) is 4.37. The van der Waals surface area contributed by atoms with Crippen molar-refractivity contribution in [3.8, 4) is 11.1 Å². The fourth-order valence-electron chi connectivity index (χ4n) is 2.45. The third kappa shape index (κ3) is 1.53. The minimum Gasteiger partial charge on any atom is -0.467 e. The first-order chi connectivity index (χ1) is 8.83. The fraction of sp³-hybridized carbons (Fsp3) is 0.133. The molecule has 1 aliphatic rings. The first-order valence-corrected chi connectivity index (χ1v) is 5.52. The molecule has 84 valence electrons. The van der Waals surface area contributed by atoms with Crippen molar-refractivity contribution in [2.75, 3.05) is 6.58 Å². The molecule has 2 nitrogen and oxygen atoms in total. The summed E-state index contributed by atoms with van der Waals surface area (Å²) in [6.45, 7) is -0.548. The smallest absolute Gasteiger partial charge is 0.293 e. The SMILES string of the molecule is [2H]C(OC=O)C1c2ccccc2-c2ccccc21. The maximum absolute atomic E-state index is 10.5. The Morgan fingerprint density at radius 1 is 1.06 bits per heavy atom. The topological polar surface area (TPSA) is 26.3 Å². The lowest BCUT2D eigenvalue weighted by molar-refractivity contribution is -0.128. The summed E-state index contributed by atoms with van der Waals surface area (Å²) < 4.78 is 12.8. The van der Waals surface area contributed by atoms with E-state index in [-0.39, 0.29) is 5.92 Å². The Bertz CT molecular complexity index is 549. The van der Waals surface area contributed by atoms with Crippen LogP contribution in [-0.2, 0) is 9.53 Å². The van der Waals surface area contributed by atoms with E-state index in [0.717, 1.165) is 22.3 Å². The van der Waals surface area contributed by atoms with E-state index in [1.165, 1.54) is 0 Å². The lowest BCUT2D eigenvalue weighted by atomic mass is 9.98. The Morgan fingerprint density at radius 3 is 2.12 bits per heavy atom. The molecule has 0 N–H and O–H groups in total. The molecule has 2 heteroatoms. The van der Waals surface area contributed by atoms with Gasteiger partial charge in [0, 0.05) is 5.92 Å². The number of carbonyl (C=O) groups is 1. The maximum Gasteiger partial charge on any atom is 0.293 e. The van der Waals surface area contributed by atoms with E-state index in [4.69, 9.17) is 6.11 Å². The Labute approximate surface area is 101 Å². The van der Waals surface area contributed by atoms with Crippen molar-refractivity contribution < 1.29 is 10.9 Å². The first kappa shape index (κ1) is 8.99. The number of rotatable bonds is 3. The minimum atomic E-state index is -0.896. The van der Waals surface area contributed by atoms with Crippen molar-refractivity contribution in [1.29, 1.82) is 0 Å². The zero-order chi connectivity index (χ0) is 12.5. The molecule has 0 saturated heterocycles. The molecule has 0 fully saturated rings. The number of hydrogen-bond donors (Lipinski definition) is 0. The van der Waals surface area contributed by atoms with E-state index in [1.54, 1.807) is 0 Å². The van der Waals surface area contributed by atoms with Gasteiger partial charge < -0.3 is 4.74 Å². The fourth-order valence-corrected chi connectivity index (χ4v) is 2.45. The highest BCUT2D eigenvalue weighted by Crippen LogP contribution is 2.44. The normalized spacial score (nSPS) is 15.6. The average molecular weight is 225 g/mol. The van der Waals surface area contributed by atoms with Gasteiger partial charge in [0.2, 0.25) is 0 Å². The Morgan fingerprint density at radius 2 is 1.59 bits per heavy atom. The van der Waals surface area contributed by atoms with Gasteiger partial charge in [-0.25, -0.2) is 0 Å². The molecule has 0 aliphatic heterocycles. The van der Waals surface area contributed by atoms with E-state index in [1.807, 2.05) is 48.5 Å². The van der Waals surface area contributed by atoms with Crippen molar-refractivity contribution in [3.05, 3.63) is 59.7 Å². The number of carbonyl (C=O) groups excluding carboxylic acids is 1. The second kappa shape index (κ2) is 4.06. The number of ether oxygens (including phenoxy) is 1. The molecule has 17 heavy (non-hydrogen) atoms. The maximum atomic E-state index is 10.5. The van der Waals surface area contributed by atoms with Crippen LogP contribution in [0.4, 0.5) is 0 Å². The van der Waals surface area contributed by atoms with Gasteiger partial charge in [0.1, 0.15) is 6.58 Å². The van der Waals surface area contributed by atoms with E-state index in [2.05, 4.69) is 0 Å². The standard InChI is InChI=1S/C15H12O2/c16-10-17-9-15-13-7-3-1-5-11(13)12-6-2-4-8-14(12)15/h1-8,10,15H,9H2/i9D. The summed E-state index contributed by atoms with van der Waals surface area (Å²) in [5.74, 6) is -0.192. The van der Waals surface area contributed by atoms with E-state index >= 15 is 0 Å². The molecule has 1 aliphatic carbocycles. The van der Waals surface area contributed by atoms with E-state index in [0.29, 0.717) is 6.47 Å². The van der Waals surface area contributed by atoms with Crippen LogP contribution in [0.1, 0.15) is 18.4 Å². The molecule has 0 spiro atoms. The van der Waals surface area contributed by atoms with Gasteiger partial charge in [-0.05, 0) is 22.3 Å². The Balaban J connectivity index is 2.17. The number of hydrogen-bond acceptors (Lipinski definition) is 2. The second-order valence-electron chi connectivity index (χ2n) is 4.02. The van der Waals surface area contributed by atoms with Crippen molar-refractivity contribution in [1.82, 2.24) is 0 Å². The van der Waals surface area contributed by atoms with Crippen LogP contribution in [0.15, 0.2) is 48.5 Å². The molecule has 0 radical (unpaired) electrons. The molecule has 1 unspecified atom stereocenters. The Kier molecular flexibility index (Phi) is 2.15. The molecule has 3 rings (SSSR count). The van der Waals surface area contributed by atoms with Gasteiger partial charge >= 0.3 is 0 Å². The van der Waals surface area contributed by atoms with Gasteiger partial charge in [0.15, 0.2) is 0 Å². The zero-order valence-corrected chi connectivity index (χ0v) is 9.17.